The van der Waals surface area contributed by atoms with E-state index in [-0.39, 0.29) is 18.9 Å². The number of hydrogen-bond donors (Lipinski definition) is 3. The first kappa shape index (κ1) is 21.3. The number of ether oxygens (including phenoxy) is 1. The molecule has 0 atom stereocenters. The minimum atomic E-state index is -0.453. The molecule has 0 saturated carbocycles. The molecule has 2 amide bonds. The lowest BCUT2D eigenvalue weighted by atomic mass is 10.1. The second-order valence-corrected chi connectivity index (χ2v) is 7.21. The third kappa shape index (κ3) is 5.77. The van der Waals surface area contributed by atoms with Gasteiger partial charge in [0.15, 0.2) is 17.2 Å². The molecule has 2 aromatic carbocycles. The van der Waals surface area contributed by atoms with E-state index in [9.17, 15) is 9.59 Å². The molecule has 0 aliphatic heterocycles. The van der Waals surface area contributed by atoms with E-state index in [1.54, 1.807) is 10.6 Å². The Morgan fingerprint density at radius 2 is 1.77 bits per heavy atom. The Hall–Kier alpha value is -3.46. The summed E-state index contributed by atoms with van der Waals surface area (Å²) < 4.78 is 7.58. The van der Waals surface area contributed by atoms with Crippen molar-refractivity contribution in [3.8, 4) is 17.1 Å². The average Bonchev–Trinajstić information content (AvgIpc) is 3.09. The van der Waals surface area contributed by atoms with E-state index < -0.39 is 5.91 Å². The summed E-state index contributed by atoms with van der Waals surface area (Å²) in [4.78, 5) is 24.0. The fourth-order valence-corrected chi connectivity index (χ4v) is 3.06. The molecule has 3 N–H and O–H groups in total. The number of nitrogens with zero attached hydrogens (tertiary/aromatic N) is 2. The van der Waals surface area contributed by atoms with Gasteiger partial charge in [-0.05, 0) is 49.8 Å². The molecule has 1 heterocycles. The predicted molar refractivity (Wildman–Crippen MR) is 115 cm³/mol. The van der Waals surface area contributed by atoms with Crippen LogP contribution in [0.5, 0.6) is 5.75 Å². The summed E-state index contributed by atoms with van der Waals surface area (Å²) in [5.41, 5.74) is 7.76. The van der Waals surface area contributed by atoms with E-state index in [4.69, 9.17) is 17.0 Å². The van der Waals surface area contributed by atoms with Crippen molar-refractivity contribution in [2.75, 3.05) is 6.61 Å². The van der Waals surface area contributed by atoms with Gasteiger partial charge in [0.1, 0.15) is 5.75 Å². The maximum Gasteiger partial charge on any atom is 0.276 e. The highest BCUT2D eigenvalue weighted by Gasteiger charge is 2.11. The van der Waals surface area contributed by atoms with Gasteiger partial charge in [-0.15, -0.1) is 0 Å². The summed E-state index contributed by atoms with van der Waals surface area (Å²) in [6.07, 6.45) is 0.117. The Balaban J connectivity index is 1.49. The van der Waals surface area contributed by atoms with Crippen molar-refractivity contribution in [1.29, 1.82) is 0 Å². The number of rotatable bonds is 7. The van der Waals surface area contributed by atoms with Crippen LogP contribution in [-0.4, -0.2) is 33.2 Å². The molecule has 156 valence electrons. The minimum absolute atomic E-state index is 0.117. The lowest BCUT2D eigenvalue weighted by Gasteiger charge is -2.10. The second-order valence-electron chi connectivity index (χ2n) is 6.83. The van der Waals surface area contributed by atoms with Crippen molar-refractivity contribution in [2.24, 2.45) is 0 Å². The van der Waals surface area contributed by atoms with Gasteiger partial charge < -0.3 is 4.74 Å². The fraction of sp³-hybridized carbons (Fsp3) is 0.238. The molecular weight excluding hydrogens is 402 g/mol. The Kier molecular flexibility index (Phi) is 6.97. The van der Waals surface area contributed by atoms with E-state index >= 15 is 0 Å². The zero-order valence-electron chi connectivity index (χ0n) is 16.8. The average molecular weight is 426 g/mol. The maximum absolute atomic E-state index is 12.1. The van der Waals surface area contributed by atoms with E-state index in [0.717, 1.165) is 16.7 Å². The second kappa shape index (κ2) is 9.84. The van der Waals surface area contributed by atoms with Crippen LogP contribution in [0.15, 0.2) is 48.5 Å². The molecule has 8 nitrogen and oxygen atoms in total. The smallest absolute Gasteiger partial charge is 0.276 e. The Labute approximate surface area is 179 Å². The summed E-state index contributed by atoms with van der Waals surface area (Å²) in [6.45, 7) is 4.05. The largest absolute Gasteiger partial charge is 0.484 e. The first-order chi connectivity index (χ1) is 14.4. The normalized spacial score (nSPS) is 10.5. The van der Waals surface area contributed by atoms with Crippen LogP contribution >= 0.6 is 12.2 Å². The third-order valence-corrected chi connectivity index (χ3v) is 4.61. The number of benzene rings is 2. The number of aryl methyl sites for hydroxylation is 2. The van der Waals surface area contributed by atoms with Crippen molar-refractivity contribution in [3.63, 3.8) is 0 Å². The molecule has 0 spiro atoms. The van der Waals surface area contributed by atoms with Gasteiger partial charge in [-0.2, -0.15) is 5.10 Å². The highest BCUT2D eigenvalue weighted by atomic mass is 32.1. The van der Waals surface area contributed by atoms with Crippen LogP contribution in [0.25, 0.3) is 11.4 Å². The van der Waals surface area contributed by atoms with Crippen LogP contribution < -0.4 is 15.6 Å². The number of H-pyrrole nitrogens is 1. The molecule has 0 aliphatic rings. The van der Waals surface area contributed by atoms with Gasteiger partial charge in [0.25, 0.3) is 5.91 Å². The number of hydrogen-bond acceptors (Lipinski definition) is 5. The molecule has 0 aliphatic carbocycles. The maximum atomic E-state index is 12.1. The predicted octanol–water partition coefficient (Wildman–Crippen LogP) is 2.84. The van der Waals surface area contributed by atoms with Crippen LogP contribution in [0.2, 0.25) is 0 Å². The Bertz CT molecular complexity index is 1110. The quantitative estimate of drug-likeness (QED) is 0.399. The van der Waals surface area contributed by atoms with Crippen LogP contribution in [-0.2, 0) is 16.1 Å². The van der Waals surface area contributed by atoms with E-state index in [0.29, 0.717) is 22.9 Å². The van der Waals surface area contributed by atoms with E-state index in [1.807, 2.05) is 56.3 Å². The summed E-state index contributed by atoms with van der Waals surface area (Å²) in [5, 5.41) is 7.03. The lowest BCUT2D eigenvalue weighted by Crippen LogP contribution is -2.44. The van der Waals surface area contributed by atoms with Gasteiger partial charge >= 0.3 is 0 Å². The summed E-state index contributed by atoms with van der Waals surface area (Å²) in [6, 6.07) is 15.2. The van der Waals surface area contributed by atoms with Gasteiger partial charge in [-0.3, -0.25) is 30.1 Å². The zero-order valence-corrected chi connectivity index (χ0v) is 17.6. The number of nitrogens with one attached hydrogen (secondary N) is 3. The molecular formula is C21H23N5O3S. The van der Waals surface area contributed by atoms with Gasteiger partial charge in [-0.25, -0.2) is 0 Å². The molecule has 3 rings (SSSR count). The standard InChI is InChI=1S/C21H23N5O3S/c1-14-5-3-7-16(11-14)20-24-25-21(30)26(20)10-9-18(27)22-23-19(28)13-29-17-8-4-6-15(2)12-17/h3-8,11-12H,9-10,13H2,1-2H3,(H,22,27)(H,23,28)(H,25,30). The summed E-state index contributed by atoms with van der Waals surface area (Å²) in [7, 11) is 0. The highest BCUT2D eigenvalue weighted by Crippen LogP contribution is 2.18. The van der Waals surface area contributed by atoms with Crippen molar-refractivity contribution in [2.45, 2.75) is 26.8 Å². The zero-order chi connectivity index (χ0) is 21.5. The summed E-state index contributed by atoms with van der Waals surface area (Å²) >= 11 is 5.28. The van der Waals surface area contributed by atoms with Crippen LogP contribution in [0, 0.1) is 18.6 Å². The van der Waals surface area contributed by atoms with Gasteiger partial charge in [0.05, 0.1) is 0 Å². The number of hydrazine groups is 1. The Morgan fingerprint density at radius 3 is 2.50 bits per heavy atom. The molecule has 30 heavy (non-hydrogen) atoms. The van der Waals surface area contributed by atoms with Gasteiger partial charge in [0.2, 0.25) is 5.91 Å². The lowest BCUT2D eigenvalue weighted by molar-refractivity contribution is -0.130. The molecule has 0 radical (unpaired) electrons. The molecule has 3 aromatic rings. The number of amides is 2. The minimum Gasteiger partial charge on any atom is -0.484 e. The van der Waals surface area contributed by atoms with Gasteiger partial charge in [0, 0.05) is 18.5 Å². The van der Waals surface area contributed by atoms with Gasteiger partial charge in [-0.1, -0.05) is 35.9 Å². The van der Waals surface area contributed by atoms with Crippen LogP contribution in [0.1, 0.15) is 17.5 Å². The first-order valence-corrected chi connectivity index (χ1v) is 9.82. The number of carbonyl (C=O) groups excluding carboxylic acids is 2. The van der Waals surface area contributed by atoms with E-state index in [2.05, 4.69) is 21.0 Å². The van der Waals surface area contributed by atoms with Crippen LogP contribution in [0.3, 0.4) is 0 Å². The molecule has 0 fully saturated rings. The van der Waals surface area contributed by atoms with Crippen molar-refractivity contribution in [1.82, 2.24) is 25.6 Å². The van der Waals surface area contributed by atoms with E-state index in [1.165, 1.54) is 0 Å². The molecule has 0 unspecified atom stereocenters. The fourth-order valence-electron chi connectivity index (χ4n) is 2.84. The van der Waals surface area contributed by atoms with Crippen molar-refractivity contribution >= 4 is 24.0 Å². The van der Waals surface area contributed by atoms with Crippen LogP contribution in [0.4, 0.5) is 0 Å². The third-order valence-electron chi connectivity index (χ3n) is 4.30. The molecule has 0 bridgehead atoms. The topological polar surface area (TPSA) is 101 Å². The Morgan fingerprint density at radius 1 is 1.07 bits per heavy atom. The van der Waals surface area contributed by atoms with Crippen molar-refractivity contribution < 1.29 is 14.3 Å². The number of carbonyl (C=O) groups is 2. The van der Waals surface area contributed by atoms with Crippen molar-refractivity contribution in [3.05, 3.63) is 64.4 Å². The first-order valence-electron chi connectivity index (χ1n) is 9.42. The molecule has 0 saturated heterocycles. The number of aromatic nitrogens is 3. The molecule has 9 heteroatoms. The summed E-state index contributed by atoms with van der Waals surface area (Å²) in [5.74, 6) is 0.448. The highest BCUT2D eigenvalue weighted by molar-refractivity contribution is 7.71. The molecule has 1 aromatic heterocycles. The SMILES string of the molecule is Cc1cccc(OCC(=O)NNC(=O)CCn2c(-c3cccc(C)c3)n[nH]c2=S)c1. The monoisotopic (exact) mass is 425 g/mol. The number of aromatic amines is 1.